The molecular formula is C14H12FN3OS. The third kappa shape index (κ3) is 2.04. The molecule has 6 heteroatoms. The summed E-state index contributed by atoms with van der Waals surface area (Å²) < 4.78 is 19.1. The normalized spacial score (nSPS) is 10.7. The van der Waals surface area contributed by atoms with Crippen LogP contribution in [-0.2, 0) is 0 Å². The molecule has 0 saturated heterocycles. The van der Waals surface area contributed by atoms with E-state index in [1.54, 1.807) is 25.3 Å². The van der Waals surface area contributed by atoms with Crippen molar-refractivity contribution in [1.82, 2.24) is 10.2 Å². The number of nitrogens with two attached hydrogens (primary N) is 1. The van der Waals surface area contributed by atoms with E-state index < -0.39 is 0 Å². The predicted octanol–water partition coefficient (Wildman–Crippen LogP) is 3.54. The Morgan fingerprint density at radius 2 is 2.15 bits per heavy atom. The Balaban J connectivity index is 2.17. The Kier molecular flexibility index (Phi) is 3.15. The van der Waals surface area contributed by atoms with Crippen LogP contribution in [0.25, 0.3) is 21.7 Å². The molecule has 1 aromatic carbocycles. The number of aromatic amines is 1. The van der Waals surface area contributed by atoms with Crippen molar-refractivity contribution < 1.29 is 9.13 Å². The van der Waals surface area contributed by atoms with Crippen molar-refractivity contribution in [2.75, 3.05) is 12.8 Å². The topological polar surface area (TPSA) is 63.9 Å². The van der Waals surface area contributed by atoms with E-state index in [-0.39, 0.29) is 11.6 Å². The second-order valence-corrected chi connectivity index (χ2v) is 5.10. The molecule has 0 unspecified atom stereocenters. The van der Waals surface area contributed by atoms with Crippen LogP contribution >= 0.6 is 11.3 Å². The summed E-state index contributed by atoms with van der Waals surface area (Å²) in [5.74, 6) is 0.695. The Morgan fingerprint density at radius 3 is 2.85 bits per heavy atom. The Hall–Kier alpha value is -2.34. The van der Waals surface area contributed by atoms with Crippen LogP contribution < -0.4 is 10.5 Å². The highest BCUT2D eigenvalue weighted by Crippen LogP contribution is 2.39. The number of nitrogens with one attached hydrogen (secondary N) is 1. The van der Waals surface area contributed by atoms with Crippen molar-refractivity contribution in [3.05, 3.63) is 41.5 Å². The number of H-pyrrole nitrogens is 1. The number of aromatic nitrogens is 2. The zero-order chi connectivity index (χ0) is 14.1. The lowest BCUT2D eigenvalue weighted by molar-refractivity contribution is 0.417. The molecule has 0 radical (unpaired) electrons. The van der Waals surface area contributed by atoms with E-state index >= 15 is 0 Å². The summed E-state index contributed by atoms with van der Waals surface area (Å²) in [4.78, 5) is 0.893. The Labute approximate surface area is 119 Å². The van der Waals surface area contributed by atoms with Crippen LogP contribution in [0.5, 0.6) is 5.75 Å². The third-order valence-corrected chi connectivity index (χ3v) is 3.92. The summed E-state index contributed by atoms with van der Waals surface area (Å²) >= 11 is 1.48. The maximum Gasteiger partial charge on any atom is 0.153 e. The van der Waals surface area contributed by atoms with Gasteiger partial charge in [0.2, 0.25) is 0 Å². The van der Waals surface area contributed by atoms with Gasteiger partial charge >= 0.3 is 0 Å². The molecule has 0 bridgehead atoms. The fourth-order valence-electron chi connectivity index (χ4n) is 2.03. The van der Waals surface area contributed by atoms with Gasteiger partial charge in [-0.2, -0.15) is 5.10 Å². The number of benzene rings is 1. The van der Waals surface area contributed by atoms with Gasteiger partial charge in [-0.25, -0.2) is 4.39 Å². The van der Waals surface area contributed by atoms with Gasteiger partial charge in [-0.15, -0.1) is 11.3 Å². The predicted molar refractivity (Wildman–Crippen MR) is 78.3 cm³/mol. The van der Waals surface area contributed by atoms with Crippen molar-refractivity contribution in [2.24, 2.45) is 0 Å². The van der Waals surface area contributed by atoms with Crippen molar-refractivity contribution >= 4 is 17.2 Å². The summed E-state index contributed by atoms with van der Waals surface area (Å²) in [6.07, 6.45) is 0. The van der Waals surface area contributed by atoms with Crippen LogP contribution in [0.3, 0.4) is 0 Å². The average Bonchev–Trinajstić information content (AvgIpc) is 3.06. The summed E-state index contributed by atoms with van der Waals surface area (Å²) in [7, 11) is 1.60. The number of ether oxygens (including phenoxy) is 1. The molecule has 2 aromatic heterocycles. The van der Waals surface area contributed by atoms with Crippen LogP contribution in [0, 0.1) is 5.82 Å². The SMILES string of the molecule is COc1csc(-c2[nH]nc(N)c2-c2ccccc2F)c1. The highest BCUT2D eigenvalue weighted by Gasteiger charge is 2.18. The highest BCUT2D eigenvalue weighted by atomic mass is 32.1. The first-order chi connectivity index (χ1) is 9.70. The lowest BCUT2D eigenvalue weighted by Crippen LogP contribution is -1.90. The van der Waals surface area contributed by atoms with E-state index in [0.717, 1.165) is 10.6 Å². The molecule has 0 aliphatic heterocycles. The molecule has 0 amide bonds. The van der Waals surface area contributed by atoms with Gasteiger partial charge in [0.25, 0.3) is 0 Å². The van der Waals surface area contributed by atoms with Crippen molar-refractivity contribution in [3.8, 4) is 27.4 Å². The molecule has 0 fully saturated rings. The second-order valence-electron chi connectivity index (χ2n) is 4.19. The third-order valence-electron chi connectivity index (χ3n) is 2.99. The zero-order valence-electron chi connectivity index (χ0n) is 10.7. The smallest absolute Gasteiger partial charge is 0.153 e. The van der Waals surface area contributed by atoms with E-state index in [9.17, 15) is 4.39 Å². The van der Waals surface area contributed by atoms with E-state index in [4.69, 9.17) is 10.5 Å². The summed E-state index contributed by atoms with van der Waals surface area (Å²) in [6, 6.07) is 8.36. The molecule has 20 heavy (non-hydrogen) atoms. The molecule has 3 rings (SSSR count). The number of methoxy groups -OCH3 is 1. The highest BCUT2D eigenvalue weighted by molar-refractivity contribution is 7.13. The number of thiophene rings is 1. The number of hydrogen-bond acceptors (Lipinski definition) is 4. The van der Waals surface area contributed by atoms with E-state index in [1.807, 2.05) is 11.4 Å². The molecule has 0 aliphatic carbocycles. The summed E-state index contributed by atoms with van der Waals surface area (Å²) in [5, 5.41) is 8.74. The largest absolute Gasteiger partial charge is 0.496 e. The fourth-order valence-corrected chi connectivity index (χ4v) is 2.88. The minimum absolute atomic E-state index is 0.275. The van der Waals surface area contributed by atoms with Gasteiger partial charge in [-0.05, 0) is 6.07 Å². The van der Waals surface area contributed by atoms with Gasteiger partial charge in [0.15, 0.2) is 5.82 Å². The molecule has 3 aromatic rings. The first-order valence-corrected chi connectivity index (χ1v) is 6.80. The average molecular weight is 289 g/mol. The number of halogens is 1. The van der Waals surface area contributed by atoms with Crippen molar-refractivity contribution in [3.63, 3.8) is 0 Å². The van der Waals surface area contributed by atoms with Gasteiger partial charge in [0.1, 0.15) is 11.6 Å². The molecule has 102 valence electrons. The monoisotopic (exact) mass is 289 g/mol. The van der Waals surface area contributed by atoms with E-state index in [2.05, 4.69) is 10.2 Å². The van der Waals surface area contributed by atoms with Crippen molar-refractivity contribution in [2.45, 2.75) is 0 Å². The molecular weight excluding hydrogens is 277 g/mol. The molecule has 0 aliphatic rings. The van der Waals surface area contributed by atoms with Gasteiger partial charge in [-0.1, -0.05) is 18.2 Å². The number of nitrogen functional groups attached to an aromatic ring is 1. The standard InChI is InChI=1S/C14H12FN3OS/c1-19-8-6-11(20-7-8)13-12(14(16)18-17-13)9-4-2-3-5-10(9)15/h2-7H,1H3,(H3,16,17,18). The maximum atomic E-state index is 14.0. The molecule has 2 heterocycles. The Bertz CT molecular complexity index is 750. The van der Waals surface area contributed by atoms with E-state index in [0.29, 0.717) is 16.8 Å². The summed E-state index contributed by atoms with van der Waals surface area (Å²) in [6.45, 7) is 0. The first kappa shape index (κ1) is 12.7. The molecule has 3 N–H and O–H groups in total. The van der Waals surface area contributed by atoms with Crippen molar-refractivity contribution in [1.29, 1.82) is 0 Å². The van der Waals surface area contributed by atoms with Gasteiger partial charge in [-0.3, -0.25) is 5.10 Å². The maximum absolute atomic E-state index is 14.0. The number of anilines is 1. The molecule has 0 saturated carbocycles. The number of hydrogen-bond donors (Lipinski definition) is 2. The van der Waals surface area contributed by atoms with Gasteiger partial charge in [0, 0.05) is 17.0 Å². The van der Waals surface area contributed by atoms with Crippen LogP contribution in [0.4, 0.5) is 10.2 Å². The van der Waals surface area contributed by atoms with Gasteiger partial charge < -0.3 is 10.5 Å². The minimum Gasteiger partial charge on any atom is -0.496 e. The van der Waals surface area contributed by atoms with Gasteiger partial charge in [0.05, 0.1) is 23.2 Å². The fraction of sp³-hybridized carbons (Fsp3) is 0.0714. The van der Waals surface area contributed by atoms with E-state index in [1.165, 1.54) is 17.4 Å². The summed E-state index contributed by atoms with van der Waals surface area (Å²) in [5.41, 5.74) is 7.59. The van der Waals surface area contributed by atoms with Crippen LogP contribution in [0.15, 0.2) is 35.7 Å². The molecule has 4 nitrogen and oxygen atoms in total. The number of rotatable bonds is 3. The van der Waals surface area contributed by atoms with Crippen LogP contribution in [0.1, 0.15) is 0 Å². The lowest BCUT2D eigenvalue weighted by Gasteiger charge is -2.04. The minimum atomic E-state index is -0.328. The van der Waals surface area contributed by atoms with Crippen LogP contribution in [-0.4, -0.2) is 17.3 Å². The molecule has 0 atom stereocenters. The molecule has 0 spiro atoms. The first-order valence-electron chi connectivity index (χ1n) is 5.92. The number of nitrogens with zero attached hydrogens (tertiary/aromatic N) is 1. The van der Waals surface area contributed by atoms with Crippen LogP contribution in [0.2, 0.25) is 0 Å². The lowest BCUT2D eigenvalue weighted by atomic mass is 10.0. The quantitative estimate of drug-likeness (QED) is 0.775. The second kappa shape index (κ2) is 4.97. The Morgan fingerprint density at radius 1 is 1.35 bits per heavy atom. The zero-order valence-corrected chi connectivity index (χ0v) is 11.5.